The Bertz CT molecular complexity index is 824. The van der Waals surface area contributed by atoms with Crippen molar-refractivity contribution in [3.8, 4) is 16.9 Å². The number of methoxy groups -OCH3 is 1. The maximum Gasteiger partial charge on any atom is 0.224 e. The van der Waals surface area contributed by atoms with Crippen molar-refractivity contribution in [2.24, 2.45) is 0 Å². The van der Waals surface area contributed by atoms with Gasteiger partial charge in [0.15, 0.2) is 0 Å². The van der Waals surface area contributed by atoms with E-state index in [9.17, 15) is 4.79 Å². The summed E-state index contributed by atoms with van der Waals surface area (Å²) >= 11 is 0. The van der Waals surface area contributed by atoms with Crippen LogP contribution in [0.25, 0.3) is 22.2 Å². The van der Waals surface area contributed by atoms with Gasteiger partial charge in [0.05, 0.1) is 7.11 Å². The third-order valence-corrected chi connectivity index (χ3v) is 3.52. The van der Waals surface area contributed by atoms with Gasteiger partial charge in [-0.1, -0.05) is 6.92 Å². The molecule has 3 rings (SSSR count). The molecule has 0 unspecified atom stereocenters. The van der Waals surface area contributed by atoms with Gasteiger partial charge in [-0.25, -0.2) is 4.98 Å². The van der Waals surface area contributed by atoms with Crippen LogP contribution >= 0.6 is 0 Å². The van der Waals surface area contributed by atoms with Crippen molar-refractivity contribution in [2.45, 2.75) is 13.3 Å². The van der Waals surface area contributed by atoms with Crippen molar-refractivity contribution in [1.82, 2.24) is 9.97 Å². The van der Waals surface area contributed by atoms with Crippen molar-refractivity contribution < 1.29 is 9.53 Å². The fourth-order valence-corrected chi connectivity index (χ4v) is 2.34. The minimum Gasteiger partial charge on any atom is -0.496 e. The Balaban J connectivity index is 2.00. The van der Waals surface area contributed by atoms with E-state index in [1.54, 1.807) is 13.3 Å². The molecule has 5 heteroatoms. The number of H-pyrrole nitrogens is 1. The van der Waals surface area contributed by atoms with Crippen molar-refractivity contribution >= 4 is 22.6 Å². The number of amides is 1. The highest BCUT2D eigenvalue weighted by Gasteiger charge is 2.10. The molecule has 0 radical (unpaired) electrons. The van der Waals surface area contributed by atoms with E-state index in [4.69, 9.17) is 4.74 Å². The van der Waals surface area contributed by atoms with E-state index in [0.717, 1.165) is 27.8 Å². The molecule has 0 atom stereocenters. The third kappa shape index (κ3) is 2.65. The molecule has 0 aliphatic rings. The monoisotopic (exact) mass is 295 g/mol. The van der Waals surface area contributed by atoms with Gasteiger partial charge >= 0.3 is 0 Å². The summed E-state index contributed by atoms with van der Waals surface area (Å²) in [6, 6.07) is 9.66. The standard InChI is InChI=1S/C17H17N3O2/c1-3-16(21)20-13-4-5-14(15(9-13)22-2)12-8-11-6-7-18-17(11)19-10-12/h4-10H,3H2,1-2H3,(H,18,19)(H,20,21). The van der Waals surface area contributed by atoms with Gasteiger partial charge in [0.25, 0.3) is 0 Å². The molecular weight excluding hydrogens is 278 g/mol. The number of ether oxygens (including phenoxy) is 1. The van der Waals surface area contributed by atoms with Crippen molar-refractivity contribution in [2.75, 3.05) is 12.4 Å². The second kappa shape index (κ2) is 5.89. The molecule has 22 heavy (non-hydrogen) atoms. The van der Waals surface area contributed by atoms with Gasteiger partial charge in [-0.15, -0.1) is 0 Å². The molecule has 2 aromatic heterocycles. The average Bonchev–Trinajstić information content (AvgIpc) is 3.02. The molecule has 0 fully saturated rings. The summed E-state index contributed by atoms with van der Waals surface area (Å²) < 4.78 is 5.46. The van der Waals surface area contributed by atoms with Crippen LogP contribution in [0.3, 0.4) is 0 Å². The normalized spacial score (nSPS) is 10.6. The van der Waals surface area contributed by atoms with Gasteiger partial charge in [0, 0.05) is 47.1 Å². The molecule has 1 amide bonds. The molecule has 112 valence electrons. The second-order valence-electron chi connectivity index (χ2n) is 4.96. The molecule has 0 aliphatic carbocycles. The molecular formula is C17H17N3O2. The van der Waals surface area contributed by atoms with E-state index < -0.39 is 0 Å². The predicted molar refractivity (Wildman–Crippen MR) is 87.0 cm³/mol. The highest BCUT2D eigenvalue weighted by Crippen LogP contribution is 2.33. The fourth-order valence-electron chi connectivity index (χ4n) is 2.34. The zero-order valence-corrected chi connectivity index (χ0v) is 12.5. The Kier molecular flexibility index (Phi) is 3.78. The Hall–Kier alpha value is -2.82. The minimum atomic E-state index is -0.0230. The SMILES string of the molecule is CCC(=O)Nc1ccc(-c2cnc3[nH]ccc3c2)c(OC)c1. The lowest BCUT2D eigenvalue weighted by molar-refractivity contribution is -0.115. The van der Waals surface area contributed by atoms with E-state index in [2.05, 4.69) is 21.4 Å². The Morgan fingerprint density at radius 1 is 1.32 bits per heavy atom. The van der Waals surface area contributed by atoms with E-state index in [0.29, 0.717) is 12.2 Å². The smallest absolute Gasteiger partial charge is 0.224 e. The number of fused-ring (bicyclic) bond motifs is 1. The van der Waals surface area contributed by atoms with Crippen LogP contribution in [0.4, 0.5) is 5.69 Å². The first kappa shape index (κ1) is 14.1. The fraction of sp³-hybridized carbons (Fsp3) is 0.176. The molecule has 0 saturated carbocycles. The number of nitrogens with zero attached hydrogens (tertiary/aromatic N) is 1. The summed E-state index contributed by atoms with van der Waals surface area (Å²) in [4.78, 5) is 19.0. The number of benzene rings is 1. The molecule has 3 aromatic rings. The number of nitrogens with one attached hydrogen (secondary N) is 2. The number of carbonyl (C=O) groups is 1. The summed E-state index contributed by atoms with van der Waals surface area (Å²) in [5.74, 6) is 0.677. The molecule has 0 bridgehead atoms. The Labute approximate surface area is 128 Å². The van der Waals surface area contributed by atoms with Gasteiger partial charge < -0.3 is 15.0 Å². The number of aromatic nitrogens is 2. The van der Waals surface area contributed by atoms with Gasteiger partial charge in [-0.05, 0) is 24.3 Å². The summed E-state index contributed by atoms with van der Waals surface area (Å²) in [5, 5.41) is 3.88. The van der Waals surface area contributed by atoms with Crippen LogP contribution < -0.4 is 10.1 Å². The molecule has 5 nitrogen and oxygen atoms in total. The van der Waals surface area contributed by atoms with E-state index in [1.165, 1.54) is 0 Å². The van der Waals surface area contributed by atoms with Crippen LogP contribution in [0, 0.1) is 0 Å². The highest BCUT2D eigenvalue weighted by atomic mass is 16.5. The van der Waals surface area contributed by atoms with E-state index >= 15 is 0 Å². The summed E-state index contributed by atoms with van der Waals surface area (Å²) in [7, 11) is 1.62. The molecule has 0 spiro atoms. The van der Waals surface area contributed by atoms with Gasteiger partial charge in [0.2, 0.25) is 5.91 Å². The lowest BCUT2D eigenvalue weighted by Gasteiger charge is -2.11. The average molecular weight is 295 g/mol. The Morgan fingerprint density at radius 3 is 2.95 bits per heavy atom. The minimum absolute atomic E-state index is 0.0230. The number of carbonyl (C=O) groups excluding carboxylic acids is 1. The quantitative estimate of drug-likeness (QED) is 0.773. The topological polar surface area (TPSA) is 67.0 Å². The zero-order chi connectivity index (χ0) is 15.5. The molecule has 0 saturated heterocycles. The Morgan fingerprint density at radius 2 is 2.18 bits per heavy atom. The lowest BCUT2D eigenvalue weighted by atomic mass is 10.0. The first-order valence-corrected chi connectivity index (χ1v) is 7.12. The molecule has 1 aromatic carbocycles. The zero-order valence-electron chi connectivity index (χ0n) is 12.5. The van der Waals surface area contributed by atoms with Crippen LogP contribution in [0.15, 0.2) is 42.7 Å². The second-order valence-corrected chi connectivity index (χ2v) is 4.96. The van der Waals surface area contributed by atoms with Crippen molar-refractivity contribution in [3.05, 3.63) is 42.7 Å². The molecule has 2 heterocycles. The summed E-state index contributed by atoms with van der Waals surface area (Å²) in [6.07, 6.45) is 4.11. The van der Waals surface area contributed by atoms with Crippen molar-refractivity contribution in [3.63, 3.8) is 0 Å². The van der Waals surface area contributed by atoms with E-state index in [-0.39, 0.29) is 5.91 Å². The number of pyridine rings is 1. The van der Waals surface area contributed by atoms with Crippen molar-refractivity contribution in [1.29, 1.82) is 0 Å². The van der Waals surface area contributed by atoms with Crippen LogP contribution in [-0.2, 0) is 4.79 Å². The van der Waals surface area contributed by atoms with Crippen LogP contribution in [0.1, 0.15) is 13.3 Å². The van der Waals surface area contributed by atoms with Gasteiger partial charge in [0.1, 0.15) is 11.4 Å². The maximum atomic E-state index is 11.5. The van der Waals surface area contributed by atoms with Gasteiger partial charge in [-0.3, -0.25) is 4.79 Å². The van der Waals surface area contributed by atoms with Crippen LogP contribution in [-0.4, -0.2) is 23.0 Å². The number of hydrogen-bond donors (Lipinski definition) is 2. The number of hydrogen-bond acceptors (Lipinski definition) is 3. The third-order valence-electron chi connectivity index (χ3n) is 3.52. The number of anilines is 1. The maximum absolute atomic E-state index is 11.5. The van der Waals surface area contributed by atoms with Crippen LogP contribution in [0.5, 0.6) is 5.75 Å². The predicted octanol–water partition coefficient (Wildman–Crippen LogP) is 3.59. The van der Waals surface area contributed by atoms with Gasteiger partial charge in [-0.2, -0.15) is 0 Å². The molecule has 0 aliphatic heterocycles. The number of rotatable bonds is 4. The van der Waals surface area contributed by atoms with Crippen LogP contribution in [0.2, 0.25) is 0 Å². The summed E-state index contributed by atoms with van der Waals surface area (Å²) in [6.45, 7) is 1.82. The summed E-state index contributed by atoms with van der Waals surface area (Å²) in [5.41, 5.74) is 3.49. The lowest BCUT2D eigenvalue weighted by Crippen LogP contribution is -2.09. The largest absolute Gasteiger partial charge is 0.496 e. The first-order chi connectivity index (χ1) is 10.7. The highest BCUT2D eigenvalue weighted by molar-refractivity contribution is 5.91. The molecule has 2 N–H and O–H groups in total. The number of aromatic amines is 1. The first-order valence-electron chi connectivity index (χ1n) is 7.12. The van der Waals surface area contributed by atoms with E-state index in [1.807, 2.05) is 37.4 Å².